The number of anilines is 1. The van der Waals surface area contributed by atoms with E-state index in [4.69, 9.17) is 10.5 Å². The summed E-state index contributed by atoms with van der Waals surface area (Å²) in [6.07, 6.45) is 0.519. The summed E-state index contributed by atoms with van der Waals surface area (Å²) in [5.74, 6) is -1.46. The molecule has 0 unspecified atom stereocenters. The fourth-order valence-corrected chi connectivity index (χ4v) is 2.18. The monoisotopic (exact) mass is 278 g/mol. The zero-order valence-electron chi connectivity index (χ0n) is 11.3. The maximum absolute atomic E-state index is 12.2. The highest BCUT2D eigenvalue weighted by Gasteiger charge is 2.41. The average Bonchev–Trinajstić information content (AvgIpc) is 2.42. The predicted octanol–water partition coefficient (Wildman–Crippen LogP) is 0.941. The van der Waals surface area contributed by atoms with Crippen LogP contribution in [-0.2, 0) is 9.53 Å². The number of nitrogens with one attached hydrogen (secondary N) is 1. The van der Waals surface area contributed by atoms with Gasteiger partial charge in [-0.1, -0.05) is 6.07 Å². The molecule has 0 aliphatic carbocycles. The van der Waals surface area contributed by atoms with Crippen molar-refractivity contribution in [3.63, 3.8) is 0 Å². The molecule has 1 aromatic rings. The number of carbonyl (C=O) groups is 2. The van der Waals surface area contributed by atoms with Crippen molar-refractivity contribution in [3.8, 4) is 0 Å². The van der Waals surface area contributed by atoms with Crippen LogP contribution in [0, 0.1) is 6.92 Å². The third kappa shape index (κ3) is 2.75. The van der Waals surface area contributed by atoms with Crippen molar-refractivity contribution in [3.05, 3.63) is 29.3 Å². The van der Waals surface area contributed by atoms with E-state index in [9.17, 15) is 14.7 Å². The third-order valence-electron chi connectivity index (χ3n) is 3.65. The number of hydrogen-bond acceptors (Lipinski definition) is 4. The molecule has 108 valence electrons. The Labute approximate surface area is 116 Å². The Bertz CT molecular complexity index is 536. The SMILES string of the molecule is Cc1ccc(C(=O)NC2(C(=O)O)CCOCC2)cc1N. The highest BCUT2D eigenvalue weighted by atomic mass is 16.5. The zero-order chi connectivity index (χ0) is 14.8. The molecule has 0 radical (unpaired) electrons. The van der Waals surface area contributed by atoms with Crippen LogP contribution >= 0.6 is 0 Å². The summed E-state index contributed by atoms with van der Waals surface area (Å²) in [5, 5.41) is 12.0. The van der Waals surface area contributed by atoms with E-state index in [1.807, 2.05) is 6.92 Å². The topological polar surface area (TPSA) is 102 Å². The van der Waals surface area contributed by atoms with E-state index in [-0.39, 0.29) is 12.8 Å². The zero-order valence-corrected chi connectivity index (χ0v) is 11.3. The van der Waals surface area contributed by atoms with Crippen LogP contribution in [0.2, 0.25) is 0 Å². The summed E-state index contributed by atoms with van der Waals surface area (Å²) in [7, 11) is 0. The Morgan fingerprint density at radius 2 is 2.00 bits per heavy atom. The Hall–Kier alpha value is -2.08. The molecule has 0 aromatic heterocycles. The van der Waals surface area contributed by atoms with E-state index < -0.39 is 17.4 Å². The molecule has 0 bridgehead atoms. The first-order chi connectivity index (χ1) is 9.44. The molecule has 1 heterocycles. The van der Waals surface area contributed by atoms with Gasteiger partial charge in [0.2, 0.25) is 0 Å². The summed E-state index contributed by atoms with van der Waals surface area (Å²) in [4.78, 5) is 23.7. The minimum Gasteiger partial charge on any atom is -0.480 e. The maximum Gasteiger partial charge on any atom is 0.329 e. The lowest BCUT2D eigenvalue weighted by atomic mass is 9.89. The van der Waals surface area contributed by atoms with Gasteiger partial charge < -0.3 is 20.9 Å². The number of amides is 1. The van der Waals surface area contributed by atoms with Gasteiger partial charge in [0.1, 0.15) is 5.54 Å². The van der Waals surface area contributed by atoms with Gasteiger partial charge in [-0.2, -0.15) is 0 Å². The summed E-state index contributed by atoms with van der Waals surface area (Å²) in [6.45, 7) is 2.49. The first-order valence-electron chi connectivity index (χ1n) is 6.44. The highest BCUT2D eigenvalue weighted by Crippen LogP contribution is 2.22. The van der Waals surface area contributed by atoms with Gasteiger partial charge in [-0.25, -0.2) is 4.79 Å². The van der Waals surface area contributed by atoms with Crippen LogP contribution in [0.1, 0.15) is 28.8 Å². The van der Waals surface area contributed by atoms with Crippen LogP contribution < -0.4 is 11.1 Å². The number of ether oxygens (including phenoxy) is 1. The molecule has 1 fully saturated rings. The summed E-state index contributed by atoms with van der Waals surface area (Å²) >= 11 is 0. The second kappa shape index (κ2) is 5.50. The number of aliphatic carboxylic acids is 1. The van der Waals surface area contributed by atoms with E-state index in [1.165, 1.54) is 0 Å². The van der Waals surface area contributed by atoms with E-state index in [0.717, 1.165) is 5.56 Å². The number of carboxylic acids is 1. The Kier molecular flexibility index (Phi) is 3.94. The lowest BCUT2D eigenvalue weighted by Crippen LogP contribution is -2.57. The Morgan fingerprint density at radius 3 is 2.55 bits per heavy atom. The molecule has 20 heavy (non-hydrogen) atoms. The van der Waals surface area contributed by atoms with Crippen molar-refractivity contribution in [2.75, 3.05) is 18.9 Å². The second-order valence-electron chi connectivity index (χ2n) is 5.03. The largest absolute Gasteiger partial charge is 0.480 e. The first kappa shape index (κ1) is 14.3. The third-order valence-corrected chi connectivity index (χ3v) is 3.65. The number of carbonyl (C=O) groups excluding carboxylic acids is 1. The van der Waals surface area contributed by atoms with E-state index in [1.54, 1.807) is 18.2 Å². The number of rotatable bonds is 3. The number of hydrogen-bond donors (Lipinski definition) is 3. The molecule has 6 heteroatoms. The van der Waals surface area contributed by atoms with Crippen LogP contribution in [-0.4, -0.2) is 35.7 Å². The number of nitrogen functional groups attached to an aromatic ring is 1. The van der Waals surface area contributed by atoms with Gasteiger partial charge >= 0.3 is 5.97 Å². The van der Waals surface area contributed by atoms with Crippen molar-refractivity contribution in [2.24, 2.45) is 0 Å². The lowest BCUT2D eigenvalue weighted by molar-refractivity contribution is -0.148. The average molecular weight is 278 g/mol. The molecule has 0 atom stereocenters. The van der Waals surface area contributed by atoms with Gasteiger partial charge in [0.15, 0.2) is 0 Å². The van der Waals surface area contributed by atoms with Crippen molar-refractivity contribution in [2.45, 2.75) is 25.3 Å². The summed E-state index contributed by atoms with van der Waals surface area (Å²) in [5.41, 5.74) is 6.26. The minimum absolute atomic E-state index is 0.259. The van der Waals surface area contributed by atoms with Crippen LogP contribution in [0.25, 0.3) is 0 Å². The molecule has 0 spiro atoms. The molecule has 6 nitrogen and oxygen atoms in total. The molecule has 4 N–H and O–H groups in total. The number of carboxylic acid groups (broad SMARTS) is 1. The van der Waals surface area contributed by atoms with Crippen LogP contribution in [0.15, 0.2) is 18.2 Å². The molecule has 0 saturated carbocycles. The molecule has 1 aromatic carbocycles. The second-order valence-corrected chi connectivity index (χ2v) is 5.03. The van der Waals surface area contributed by atoms with Gasteiger partial charge in [0.25, 0.3) is 5.91 Å². The number of nitrogens with two attached hydrogens (primary N) is 1. The smallest absolute Gasteiger partial charge is 0.329 e. The van der Waals surface area contributed by atoms with Gasteiger partial charge in [-0.05, 0) is 24.6 Å². The number of aryl methyl sites for hydroxylation is 1. The molecule has 1 aliphatic heterocycles. The quantitative estimate of drug-likeness (QED) is 0.714. The summed E-state index contributed by atoms with van der Waals surface area (Å²) < 4.78 is 5.16. The molecule has 2 rings (SSSR count). The van der Waals surface area contributed by atoms with E-state index >= 15 is 0 Å². The maximum atomic E-state index is 12.2. The highest BCUT2D eigenvalue weighted by molar-refractivity contribution is 5.98. The summed E-state index contributed by atoms with van der Waals surface area (Å²) in [6, 6.07) is 4.93. The van der Waals surface area contributed by atoms with Gasteiger partial charge in [0.05, 0.1) is 0 Å². The Balaban J connectivity index is 2.20. The first-order valence-corrected chi connectivity index (χ1v) is 6.44. The van der Waals surface area contributed by atoms with Gasteiger partial charge in [-0.3, -0.25) is 4.79 Å². The predicted molar refractivity (Wildman–Crippen MR) is 73.5 cm³/mol. The Morgan fingerprint density at radius 1 is 1.35 bits per heavy atom. The van der Waals surface area contributed by atoms with Crippen LogP contribution in [0.3, 0.4) is 0 Å². The lowest BCUT2D eigenvalue weighted by Gasteiger charge is -2.33. The molecular weight excluding hydrogens is 260 g/mol. The molecule has 1 aliphatic rings. The minimum atomic E-state index is -1.25. The normalized spacial score (nSPS) is 17.4. The van der Waals surface area contributed by atoms with E-state index in [0.29, 0.717) is 24.5 Å². The van der Waals surface area contributed by atoms with Crippen molar-refractivity contribution >= 4 is 17.6 Å². The fraction of sp³-hybridized carbons (Fsp3) is 0.429. The number of benzene rings is 1. The molecule has 1 saturated heterocycles. The van der Waals surface area contributed by atoms with Crippen LogP contribution in [0.5, 0.6) is 0 Å². The fourth-order valence-electron chi connectivity index (χ4n) is 2.18. The molecular formula is C14H18N2O4. The van der Waals surface area contributed by atoms with Gasteiger partial charge in [-0.15, -0.1) is 0 Å². The van der Waals surface area contributed by atoms with Gasteiger partial charge in [0, 0.05) is 37.3 Å². The molecule has 1 amide bonds. The standard InChI is InChI=1S/C14H18N2O4/c1-9-2-3-10(8-11(9)15)12(17)16-14(13(18)19)4-6-20-7-5-14/h2-3,8H,4-7,15H2,1H3,(H,16,17)(H,18,19). The van der Waals surface area contributed by atoms with E-state index in [2.05, 4.69) is 5.32 Å². The van der Waals surface area contributed by atoms with Crippen molar-refractivity contribution < 1.29 is 19.4 Å². The van der Waals surface area contributed by atoms with Crippen molar-refractivity contribution in [1.82, 2.24) is 5.32 Å². The van der Waals surface area contributed by atoms with Crippen LogP contribution in [0.4, 0.5) is 5.69 Å². The van der Waals surface area contributed by atoms with Crippen molar-refractivity contribution in [1.29, 1.82) is 0 Å².